The highest BCUT2D eigenvalue weighted by Crippen LogP contribution is 2.27. The molecule has 0 spiro atoms. The number of rotatable bonds is 4. The Hall–Kier alpha value is -1.19. The van der Waals surface area contributed by atoms with E-state index in [-0.39, 0.29) is 0 Å². The normalized spacial score (nSPS) is 10.3. The van der Waals surface area contributed by atoms with Gasteiger partial charge in [-0.3, -0.25) is 0 Å². The molecule has 0 aliphatic rings. The standard InChI is InChI=1S/C13H15ClN2S/c1-16(2)13-6-5-10(8-12(13)14)15-9-11-4-3-7-17-11/h3-8,15H,9H2,1-2H3. The molecule has 0 aliphatic heterocycles. The van der Waals surface area contributed by atoms with Crippen LogP contribution in [-0.2, 0) is 6.54 Å². The van der Waals surface area contributed by atoms with Crippen molar-refractivity contribution in [3.8, 4) is 0 Å². The summed E-state index contributed by atoms with van der Waals surface area (Å²) in [6.45, 7) is 0.843. The van der Waals surface area contributed by atoms with Crippen LogP contribution in [0.25, 0.3) is 0 Å². The summed E-state index contributed by atoms with van der Waals surface area (Å²) in [6, 6.07) is 10.2. The van der Waals surface area contributed by atoms with E-state index in [1.165, 1.54) is 4.88 Å². The highest BCUT2D eigenvalue weighted by Gasteiger charge is 2.03. The van der Waals surface area contributed by atoms with Crippen LogP contribution >= 0.6 is 22.9 Å². The van der Waals surface area contributed by atoms with Crippen LogP contribution in [-0.4, -0.2) is 14.1 Å². The van der Waals surface area contributed by atoms with Crippen LogP contribution in [0.1, 0.15) is 4.88 Å². The molecule has 0 saturated heterocycles. The predicted molar refractivity (Wildman–Crippen MR) is 77.4 cm³/mol. The van der Waals surface area contributed by atoms with Crippen LogP contribution in [0, 0.1) is 0 Å². The van der Waals surface area contributed by atoms with Gasteiger partial charge in [-0.1, -0.05) is 17.7 Å². The molecule has 1 heterocycles. The number of hydrogen-bond donors (Lipinski definition) is 1. The molecule has 0 bridgehead atoms. The highest BCUT2D eigenvalue weighted by atomic mass is 35.5. The maximum atomic E-state index is 6.21. The van der Waals surface area contributed by atoms with Gasteiger partial charge >= 0.3 is 0 Å². The molecule has 0 fully saturated rings. The van der Waals surface area contributed by atoms with Crippen molar-refractivity contribution in [2.24, 2.45) is 0 Å². The van der Waals surface area contributed by atoms with E-state index in [0.717, 1.165) is 22.9 Å². The summed E-state index contributed by atoms with van der Waals surface area (Å²) in [5.74, 6) is 0. The maximum Gasteiger partial charge on any atom is 0.0659 e. The van der Waals surface area contributed by atoms with Crippen molar-refractivity contribution in [3.63, 3.8) is 0 Å². The number of nitrogens with one attached hydrogen (secondary N) is 1. The molecule has 0 atom stereocenters. The number of benzene rings is 1. The molecule has 4 heteroatoms. The lowest BCUT2D eigenvalue weighted by molar-refractivity contribution is 1.13. The van der Waals surface area contributed by atoms with Gasteiger partial charge in [-0.05, 0) is 29.6 Å². The van der Waals surface area contributed by atoms with E-state index in [1.54, 1.807) is 11.3 Å². The van der Waals surface area contributed by atoms with E-state index < -0.39 is 0 Å². The lowest BCUT2D eigenvalue weighted by atomic mass is 10.2. The predicted octanol–water partition coefficient (Wildman–Crippen LogP) is 4.08. The van der Waals surface area contributed by atoms with Crippen LogP contribution < -0.4 is 10.2 Å². The van der Waals surface area contributed by atoms with Crippen LogP contribution in [0.2, 0.25) is 5.02 Å². The molecule has 2 aromatic rings. The van der Waals surface area contributed by atoms with Gasteiger partial charge in [0.05, 0.1) is 10.7 Å². The van der Waals surface area contributed by atoms with E-state index in [9.17, 15) is 0 Å². The van der Waals surface area contributed by atoms with E-state index in [4.69, 9.17) is 11.6 Å². The van der Waals surface area contributed by atoms with Crippen molar-refractivity contribution >= 4 is 34.3 Å². The first-order valence-corrected chi connectivity index (χ1v) is 6.65. The first-order chi connectivity index (χ1) is 8.16. The van der Waals surface area contributed by atoms with Crippen molar-refractivity contribution in [1.29, 1.82) is 0 Å². The third-order valence-electron chi connectivity index (χ3n) is 2.48. The van der Waals surface area contributed by atoms with Gasteiger partial charge in [0, 0.05) is 31.2 Å². The van der Waals surface area contributed by atoms with Gasteiger partial charge in [0.15, 0.2) is 0 Å². The summed E-state index contributed by atoms with van der Waals surface area (Å²) in [5, 5.41) is 6.21. The summed E-state index contributed by atoms with van der Waals surface area (Å²) in [5.41, 5.74) is 2.09. The van der Waals surface area contributed by atoms with Crippen molar-refractivity contribution in [2.45, 2.75) is 6.54 Å². The second kappa shape index (κ2) is 5.43. The van der Waals surface area contributed by atoms with Crippen LogP contribution in [0.15, 0.2) is 35.7 Å². The van der Waals surface area contributed by atoms with Gasteiger partial charge in [-0.2, -0.15) is 0 Å². The fourth-order valence-electron chi connectivity index (χ4n) is 1.58. The number of nitrogens with zero attached hydrogens (tertiary/aromatic N) is 1. The van der Waals surface area contributed by atoms with E-state index in [2.05, 4.69) is 28.9 Å². The lowest BCUT2D eigenvalue weighted by Crippen LogP contribution is -2.09. The number of hydrogen-bond acceptors (Lipinski definition) is 3. The smallest absolute Gasteiger partial charge is 0.0659 e. The molecule has 1 aromatic carbocycles. The molecule has 1 aromatic heterocycles. The third kappa shape index (κ3) is 3.14. The minimum atomic E-state index is 0.770. The van der Waals surface area contributed by atoms with Gasteiger partial charge in [0.1, 0.15) is 0 Å². The SMILES string of the molecule is CN(C)c1ccc(NCc2cccs2)cc1Cl. The Morgan fingerprint density at radius 2 is 2.12 bits per heavy atom. The second-order valence-corrected chi connectivity index (χ2v) is 5.43. The van der Waals surface area contributed by atoms with Crippen LogP contribution in [0.4, 0.5) is 11.4 Å². The molecular weight excluding hydrogens is 252 g/mol. The average Bonchev–Trinajstić information content (AvgIpc) is 2.78. The minimum Gasteiger partial charge on any atom is -0.380 e. The van der Waals surface area contributed by atoms with Crippen molar-refractivity contribution < 1.29 is 0 Å². The Morgan fingerprint density at radius 3 is 2.71 bits per heavy atom. The van der Waals surface area contributed by atoms with Gasteiger partial charge in [0.2, 0.25) is 0 Å². The van der Waals surface area contributed by atoms with E-state index in [0.29, 0.717) is 0 Å². The molecule has 2 nitrogen and oxygen atoms in total. The summed E-state index contributed by atoms with van der Waals surface area (Å²) >= 11 is 7.96. The Morgan fingerprint density at radius 1 is 1.29 bits per heavy atom. The van der Waals surface area contributed by atoms with E-state index in [1.807, 2.05) is 31.1 Å². The molecule has 1 N–H and O–H groups in total. The lowest BCUT2D eigenvalue weighted by Gasteiger charge is -2.15. The number of anilines is 2. The Labute approximate surface area is 111 Å². The number of thiophene rings is 1. The first-order valence-electron chi connectivity index (χ1n) is 5.40. The van der Waals surface area contributed by atoms with Gasteiger partial charge in [-0.25, -0.2) is 0 Å². The quantitative estimate of drug-likeness (QED) is 0.897. The zero-order valence-corrected chi connectivity index (χ0v) is 11.5. The fourth-order valence-corrected chi connectivity index (χ4v) is 2.58. The molecule has 17 heavy (non-hydrogen) atoms. The first kappa shape index (κ1) is 12.3. The third-order valence-corrected chi connectivity index (χ3v) is 3.66. The molecule has 0 unspecified atom stereocenters. The summed E-state index contributed by atoms with van der Waals surface area (Å²) < 4.78 is 0. The molecule has 90 valence electrons. The maximum absolute atomic E-state index is 6.21. The number of halogens is 1. The molecule has 0 saturated carbocycles. The molecule has 0 radical (unpaired) electrons. The molecular formula is C13H15ClN2S. The van der Waals surface area contributed by atoms with Gasteiger partial charge < -0.3 is 10.2 Å². The Balaban J connectivity index is 2.05. The highest BCUT2D eigenvalue weighted by molar-refractivity contribution is 7.09. The zero-order valence-electron chi connectivity index (χ0n) is 9.90. The molecule has 2 rings (SSSR count). The summed E-state index contributed by atoms with van der Waals surface area (Å²) in [4.78, 5) is 3.32. The topological polar surface area (TPSA) is 15.3 Å². The fraction of sp³-hybridized carbons (Fsp3) is 0.231. The van der Waals surface area contributed by atoms with Crippen molar-refractivity contribution in [2.75, 3.05) is 24.3 Å². The minimum absolute atomic E-state index is 0.770. The molecule has 0 amide bonds. The Bertz CT molecular complexity index is 480. The summed E-state index contributed by atoms with van der Waals surface area (Å²) in [7, 11) is 3.97. The van der Waals surface area contributed by atoms with Crippen molar-refractivity contribution in [1.82, 2.24) is 0 Å². The zero-order chi connectivity index (χ0) is 12.3. The largest absolute Gasteiger partial charge is 0.380 e. The van der Waals surface area contributed by atoms with E-state index >= 15 is 0 Å². The monoisotopic (exact) mass is 266 g/mol. The summed E-state index contributed by atoms with van der Waals surface area (Å²) in [6.07, 6.45) is 0. The molecule has 0 aliphatic carbocycles. The average molecular weight is 267 g/mol. The van der Waals surface area contributed by atoms with Gasteiger partial charge in [-0.15, -0.1) is 11.3 Å². The Kier molecular flexibility index (Phi) is 3.92. The van der Waals surface area contributed by atoms with Gasteiger partial charge in [0.25, 0.3) is 0 Å². The van der Waals surface area contributed by atoms with Crippen LogP contribution in [0.5, 0.6) is 0 Å². The van der Waals surface area contributed by atoms with Crippen LogP contribution in [0.3, 0.4) is 0 Å². The second-order valence-electron chi connectivity index (χ2n) is 3.99. The van der Waals surface area contributed by atoms with Crippen molar-refractivity contribution in [3.05, 3.63) is 45.6 Å².